The van der Waals surface area contributed by atoms with Crippen molar-refractivity contribution >= 4 is 29.3 Å². The van der Waals surface area contributed by atoms with E-state index in [9.17, 15) is 14.7 Å². The van der Waals surface area contributed by atoms with Crippen LogP contribution in [0.25, 0.3) is 0 Å². The van der Waals surface area contributed by atoms with Crippen molar-refractivity contribution in [2.75, 3.05) is 44.3 Å². The predicted molar refractivity (Wildman–Crippen MR) is 108 cm³/mol. The zero-order chi connectivity index (χ0) is 20.4. The second-order valence-corrected chi connectivity index (χ2v) is 7.96. The molecule has 2 aliphatic heterocycles. The molecule has 2 fully saturated rings. The van der Waals surface area contributed by atoms with Gasteiger partial charge in [-0.2, -0.15) is 0 Å². The molecule has 1 aromatic carbocycles. The van der Waals surface area contributed by atoms with Gasteiger partial charge in [0.25, 0.3) is 0 Å². The summed E-state index contributed by atoms with van der Waals surface area (Å²) < 4.78 is 5.38. The predicted octanol–water partition coefficient (Wildman–Crippen LogP) is 2.34. The molecule has 2 aliphatic rings. The van der Waals surface area contributed by atoms with Gasteiger partial charge in [0.15, 0.2) is 0 Å². The van der Waals surface area contributed by atoms with Gasteiger partial charge < -0.3 is 19.6 Å². The van der Waals surface area contributed by atoms with Gasteiger partial charge in [-0.25, -0.2) is 9.78 Å². The van der Waals surface area contributed by atoms with Crippen LogP contribution in [0.5, 0.6) is 0 Å². The van der Waals surface area contributed by atoms with Crippen molar-refractivity contribution in [1.29, 1.82) is 0 Å². The number of aromatic carboxylic acids is 1. The summed E-state index contributed by atoms with van der Waals surface area (Å²) in [7, 11) is 0. The molecule has 2 aromatic rings. The summed E-state index contributed by atoms with van der Waals surface area (Å²) in [6, 6.07) is 10.6. The summed E-state index contributed by atoms with van der Waals surface area (Å²) in [5.41, 5.74) is 0.542. The molecule has 0 bridgehead atoms. The van der Waals surface area contributed by atoms with Gasteiger partial charge in [0.05, 0.1) is 18.6 Å². The summed E-state index contributed by atoms with van der Waals surface area (Å²) in [5.74, 6) is -0.538. The van der Waals surface area contributed by atoms with Crippen LogP contribution in [0.3, 0.4) is 0 Å². The zero-order valence-electron chi connectivity index (χ0n) is 15.9. The Kier molecular flexibility index (Phi) is 5.43. The Bertz CT molecular complexity index is 906. The molecule has 3 heterocycles. The SMILES string of the molecule is O=C(O)c1cccnc1N1CC(Cc2ccc(Cl)cc2)(C(=O)N2CCOCC2)C1. The maximum Gasteiger partial charge on any atom is 0.339 e. The number of rotatable bonds is 5. The van der Waals surface area contributed by atoms with Crippen LogP contribution < -0.4 is 4.90 Å². The lowest BCUT2D eigenvalue weighted by Gasteiger charge is -2.51. The molecule has 4 rings (SSSR count). The van der Waals surface area contributed by atoms with E-state index in [0.29, 0.717) is 56.7 Å². The minimum absolute atomic E-state index is 0.0832. The van der Waals surface area contributed by atoms with Crippen molar-refractivity contribution < 1.29 is 19.4 Å². The largest absolute Gasteiger partial charge is 0.478 e. The number of anilines is 1. The number of nitrogens with zero attached hydrogens (tertiary/aromatic N) is 3. The molecule has 8 heteroatoms. The van der Waals surface area contributed by atoms with E-state index in [0.717, 1.165) is 5.56 Å². The molecule has 0 atom stereocenters. The number of ether oxygens (including phenoxy) is 1. The molecule has 1 amide bonds. The fourth-order valence-electron chi connectivity index (χ4n) is 4.07. The number of carboxylic acids is 1. The van der Waals surface area contributed by atoms with E-state index in [4.69, 9.17) is 16.3 Å². The number of morpholine rings is 1. The van der Waals surface area contributed by atoms with E-state index in [1.165, 1.54) is 6.07 Å². The minimum Gasteiger partial charge on any atom is -0.478 e. The molecule has 0 unspecified atom stereocenters. The van der Waals surface area contributed by atoms with Gasteiger partial charge in [-0.3, -0.25) is 4.79 Å². The number of amides is 1. The van der Waals surface area contributed by atoms with Gasteiger partial charge in [0.1, 0.15) is 11.4 Å². The Morgan fingerprint density at radius 1 is 1.14 bits per heavy atom. The maximum atomic E-state index is 13.5. The van der Waals surface area contributed by atoms with Crippen LogP contribution in [-0.2, 0) is 16.0 Å². The van der Waals surface area contributed by atoms with Crippen LogP contribution in [0.1, 0.15) is 15.9 Å². The normalized spacial score (nSPS) is 18.2. The van der Waals surface area contributed by atoms with Crippen molar-refractivity contribution in [2.45, 2.75) is 6.42 Å². The first-order chi connectivity index (χ1) is 14.0. The lowest BCUT2D eigenvalue weighted by molar-refractivity contribution is -0.148. The molecule has 0 aliphatic carbocycles. The molecule has 0 radical (unpaired) electrons. The molecular formula is C21H22ClN3O4. The lowest BCUT2D eigenvalue weighted by Crippen LogP contribution is -2.66. The van der Waals surface area contributed by atoms with Crippen LogP contribution in [0.15, 0.2) is 42.6 Å². The standard InChI is InChI=1S/C21H22ClN3O4/c22-16-5-3-15(4-6-16)12-21(20(28)24-8-10-29-11-9-24)13-25(14-21)18-17(19(26)27)2-1-7-23-18/h1-7H,8-14H2,(H,26,27). The number of hydrogen-bond acceptors (Lipinski definition) is 5. The number of carboxylic acid groups (broad SMARTS) is 1. The fraction of sp³-hybridized carbons (Fsp3) is 0.381. The number of pyridine rings is 1. The van der Waals surface area contributed by atoms with Crippen molar-refractivity contribution in [1.82, 2.24) is 9.88 Å². The third kappa shape index (κ3) is 3.93. The number of aromatic nitrogens is 1. The van der Waals surface area contributed by atoms with Crippen LogP contribution >= 0.6 is 11.6 Å². The van der Waals surface area contributed by atoms with Gasteiger partial charge in [-0.15, -0.1) is 0 Å². The van der Waals surface area contributed by atoms with Gasteiger partial charge >= 0.3 is 5.97 Å². The van der Waals surface area contributed by atoms with Gasteiger partial charge in [-0.05, 0) is 36.2 Å². The number of halogens is 1. The Balaban J connectivity index is 1.60. The summed E-state index contributed by atoms with van der Waals surface area (Å²) in [6.45, 7) is 3.06. The van der Waals surface area contributed by atoms with Crippen LogP contribution in [0, 0.1) is 5.41 Å². The molecule has 29 heavy (non-hydrogen) atoms. The molecular weight excluding hydrogens is 394 g/mol. The first kappa shape index (κ1) is 19.7. The molecule has 1 N–H and O–H groups in total. The van der Waals surface area contributed by atoms with Crippen molar-refractivity contribution in [3.63, 3.8) is 0 Å². The Labute approximate surface area is 173 Å². The molecule has 1 aromatic heterocycles. The smallest absolute Gasteiger partial charge is 0.339 e. The van der Waals surface area contributed by atoms with E-state index in [2.05, 4.69) is 4.98 Å². The molecule has 2 saturated heterocycles. The minimum atomic E-state index is -1.03. The average molecular weight is 416 g/mol. The Hall–Kier alpha value is -2.64. The molecule has 0 saturated carbocycles. The van der Waals surface area contributed by atoms with E-state index in [1.807, 2.05) is 34.1 Å². The quantitative estimate of drug-likeness (QED) is 0.807. The monoisotopic (exact) mass is 415 g/mol. The van der Waals surface area contributed by atoms with Gasteiger partial charge in [0.2, 0.25) is 5.91 Å². The summed E-state index contributed by atoms with van der Waals surface area (Å²) >= 11 is 6.00. The van der Waals surface area contributed by atoms with Gasteiger partial charge in [0, 0.05) is 37.4 Å². The summed E-state index contributed by atoms with van der Waals surface area (Å²) in [5, 5.41) is 10.1. The Morgan fingerprint density at radius 2 is 1.83 bits per heavy atom. The highest BCUT2D eigenvalue weighted by molar-refractivity contribution is 6.30. The highest BCUT2D eigenvalue weighted by Gasteiger charge is 2.52. The van der Waals surface area contributed by atoms with Crippen LogP contribution in [0.2, 0.25) is 5.02 Å². The van der Waals surface area contributed by atoms with E-state index >= 15 is 0 Å². The number of benzene rings is 1. The second kappa shape index (κ2) is 8.00. The summed E-state index contributed by atoms with van der Waals surface area (Å²) in [6.07, 6.45) is 2.14. The number of carbonyl (C=O) groups is 2. The van der Waals surface area contributed by atoms with Crippen LogP contribution in [0.4, 0.5) is 5.82 Å². The van der Waals surface area contributed by atoms with Crippen LogP contribution in [-0.4, -0.2) is 66.3 Å². The van der Waals surface area contributed by atoms with Gasteiger partial charge in [-0.1, -0.05) is 23.7 Å². The van der Waals surface area contributed by atoms with Crippen molar-refractivity contribution in [2.24, 2.45) is 5.41 Å². The second-order valence-electron chi connectivity index (χ2n) is 7.52. The number of hydrogen-bond donors (Lipinski definition) is 1. The van der Waals surface area contributed by atoms with E-state index < -0.39 is 11.4 Å². The van der Waals surface area contributed by atoms with E-state index in [-0.39, 0.29) is 11.5 Å². The third-order valence-corrected chi connectivity index (χ3v) is 5.76. The highest BCUT2D eigenvalue weighted by atomic mass is 35.5. The first-order valence-corrected chi connectivity index (χ1v) is 9.91. The van der Waals surface area contributed by atoms with Crippen molar-refractivity contribution in [3.05, 3.63) is 58.7 Å². The number of carbonyl (C=O) groups excluding carboxylic acids is 1. The highest BCUT2D eigenvalue weighted by Crippen LogP contribution is 2.40. The zero-order valence-corrected chi connectivity index (χ0v) is 16.6. The molecule has 7 nitrogen and oxygen atoms in total. The molecule has 0 spiro atoms. The van der Waals surface area contributed by atoms with Crippen molar-refractivity contribution in [3.8, 4) is 0 Å². The fourth-order valence-corrected chi connectivity index (χ4v) is 4.19. The summed E-state index contributed by atoms with van der Waals surface area (Å²) in [4.78, 5) is 33.0. The lowest BCUT2D eigenvalue weighted by atomic mass is 9.73. The topological polar surface area (TPSA) is 83.0 Å². The maximum absolute atomic E-state index is 13.5. The third-order valence-electron chi connectivity index (χ3n) is 5.51. The average Bonchev–Trinajstić information content (AvgIpc) is 2.72. The first-order valence-electron chi connectivity index (χ1n) is 9.53. The Morgan fingerprint density at radius 3 is 2.48 bits per heavy atom. The molecule has 152 valence electrons. The van der Waals surface area contributed by atoms with E-state index in [1.54, 1.807) is 12.3 Å².